The molecule has 0 radical (unpaired) electrons. The lowest BCUT2D eigenvalue weighted by Gasteiger charge is -2.15. The van der Waals surface area contributed by atoms with Gasteiger partial charge in [0.05, 0.1) is 16.8 Å². The van der Waals surface area contributed by atoms with Crippen molar-refractivity contribution >= 4 is 15.9 Å². The second-order valence-electron chi connectivity index (χ2n) is 3.79. The average molecular weight is 295 g/mol. The minimum Gasteiger partial charge on any atom is -0.466 e. The molecule has 1 heterocycles. The van der Waals surface area contributed by atoms with Gasteiger partial charge in [-0.25, -0.2) is 0 Å². The summed E-state index contributed by atoms with van der Waals surface area (Å²) in [5.41, 5.74) is 6.98. The molecule has 0 saturated heterocycles. The molecule has 1 aromatic heterocycles. The van der Waals surface area contributed by atoms with Gasteiger partial charge in [-0.05, 0) is 27.6 Å². The van der Waals surface area contributed by atoms with E-state index in [1.807, 2.05) is 24.3 Å². The van der Waals surface area contributed by atoms with Crippen LogP contribution in [0.5, 0.6) is 0 Å². The van der Waals surface area contributed by atoms with Crippen LogP contribution in [-0.4, -0.2) is 6.54 Å². The minimum absolute atomic E-state index is 0.0274. The fraction of sp³-hybridized carbons (Fsp3) is 0.231. The molecule has 90 valence electrons. The van der Waals surface area contributed by atoms with Crippen molar-refractivity contribution < 1.29 is 4.42 Å². The second kappa shape index (κ2) is 6.00. The molecule has 2 aromatic rings. The Balaban J connectivity index is 2.00. The van der Waals surface area contributed by atoms with Crippen LogP contribution in [0.2, 0.25) is 0 Å². The molecule has 0 saturated carbocycles. The maximum absolute atomic E-state index is 5.75. The molecule has 0 aliphatic heterocycles. The predicted molar refractivity (Wildman–Crippen MR) is 71.5 cm³/mol. The van der Waals surface area contributed by atoms with E-state index in [0.29, 0.717) is 6.54 Å². The summed E-state index contributed by atoms with van der Waals surface area (Å²) in [5.74, 6) is 0.850. The summed E-state index contributed by atoms with van der Waals surface area (Å²) in [6.45, 7) is 1.27. The lowest BCUT2D eigenvalue weighted by molar-refractivity contribution is 0.414. The first-order valence-corrected chi connectivity index (χ1v) is 6.31. The molecule has 2 rings (SSSR count). The van der Waals surface area contributed by atoms with Gasteiger partial charge < -0.3 is 15.5 Å². The van der Waals surface area contributed by atoms with Gasteiger partial charge in [0.2, 0.25) is 0 Å². The van der Waals surface area contributed by atoms with Crippen LogP contribution in [0.4, 0.5) is 0 Å². The lowest BCUT2D eigenvalue weighted by Crippen LogP contribution is -2.27. The number of nitrogens with one attached hydrogen (secondary N) is 1. The normalized spacial score (nSPS) is 12.6. The molecule has 1 unspecified atom stereocenters. The van der Waals surface area contributed by atoms with Crippen LogP contribution in [0.3, 0.4) is 0 Å². The summed E-state index contributed by atoms with van der Waals surface area (Å²) in [6, 6.07) is 12.1. The molecule has 3 N–H and O–H groups in total. The van der Waals surface area contributed by atoms with E-state index in [1.165, 1.54) is 5.56 Å². The van der Waals surface area contributed by atoms with Crippen LogP contribution in [0, 0.1) is 0 Å². The van der Waals surface area contributed by atoms with Gasteiger partial charge in [-0.2, -0.15) is 0 Å². The van der Waals surface area contributed by atoms with Crippen molar-refractivity contribution in [2.45, 2.75) is 12.6 Å². The highest BCUT2D eigenvalue weighted by atomic mass is 79.9. The van der Waals surface area contributed by atoms with Crippen LogP contribution >= 0.6 is 15.9 Å². The van der Waals surface area contributed by atoms with Crippen molar-refractivity contribution in [2.24, 2.45) is 5.73 Å². The number of benzene rings is 1. The Morgan fingerprint density at radius 2 is 2.00 bits per heavy atom. The van der Waals surface area contributed by atoms with Gasteiger partial charge in [-0.3, -0.25) is 0 Å². The first-order valence-electron chi connectivity index (χ1n) is 5.51. The SMILES string of the molecule is NCC(NCc1ccccc1)c1occc1Br. The van der Waals surface area contributed by atoms with E-state index in [9.17, 15) is 0 Å². The van der Waals surface area contributed by atoms with Crippen molar-refractivity contribution in [3.8, 4) is 0 Å². The number of hydrogen-bond acceptors (Lipinski definition) is 3. The number of nitrogens with two attached hydrogens (primary N) is 1. The summed E-state index contributed by atoms with van der Waals surface area (Å²) in [6.07, 6.45) is 1.66. The molecule has 0 bridgehead atoms. The van der Waals surface area contributed by atoms with Gasteiger partial charge in [0.25, 0.3) is 0 Å². The first kappa shape index (κ1) is 12.4. The molecular weight excluding hydrogens is 280 g/mol. The van der Waals surface area contributed by atoms with Gasteiger partial charge >= 0.3 is 0 Å². The highest BCUT2D eigenvalue weighted by Crippen LogP contribution is 2.24. The molecule has 4 heteroatoms. The summed E-state index contributed by atoms with van der Waals surface area (Å²) in [5, 5.41) is 3.38. The van der Waals surface area contributed by atoms with E-state index in [0.717, 1.165) is 16.8 Å². The fourth-order valence-corrected chi connectivity index (χ4v) is 2.15. The summed E-state index contributed by atoms with van der Waals surface area (Å²) in [4.78, 5) is 0. The highest BCUT2D eigenvalue weighted by Gasteiger charge is 2.15. The summed E-state index contributed by atoms with van der Waals surface area (Å²) in [7, 11) is 0. The maximum atomic E-state index is 5.75. The molecule has 0 spiro atoms. The summed E-state index contributed by atoms with van der Waals surface area (Å²) >= 11 is 3.44. The van der Waals surface area contributed by atoms with Gasteiger partial charge in [0.15, 0.2) is 0 Å². The van der Waals surface area contributed by atoms with Crippen molar-refractivity contribution in [3.63, 3.8) is 0 Å². The van der Waals surface area contributed by atoms with Crippen LogP contribution < -0.4 is 11.1 Å². The Morgan fingerprint density at radius 1 is 1.24 bits per heavy atom. The zero-order chi connectivity index (χ0) is 12.1. The minimum atomic E-state index is 0.0274. The lowest BCUT2D eigenvalue weighted by atomic mass is 10.2. The second-order valence-corrected chi connectivity index (χ2v) is 4.64. The topological polar surface area (TPSA) is 51.2 Å². The zero-order valence-corrected chi connectivity index (χ0v) is 11.0. The van der Waals surface area contributed by atoms with Crippen molar-refractivity contribution in [3.05, 3.63) is 58.5 Å². The monoisotopic (exact) mass is 294 g/mol. The Labute approximate surface area is 109 Å². The van der Waals surface area contributed by atoms with Crippen LogP contribution in [0.25, 0.3) is 0 Å². The molecular formula is C13H15BrN2O. The van der Waals surface area contributed by atoms with Crippen LogP contribution in [0.15, 0.2) is 51.6 Å². The molecule has 0 aliphatic carbocycles. The summed E-state index contributed by atoms with van der Waals surface area (Å²) < 4.78 is 6.37. The van der Waals surface area contributed by atoms with Crippen molar-refractivity contribution in [2.75, 3.05) is 6.54 Å². The van der Waals surface area contributed by atoms with E-state index >= 15 is 0 Å². The molecule has 17 heavy (non-hydrogen) atoms. The Morgan fingerprint density at radius 3 is 2.59 bits per heavy atom. The largest absolute Gasteiger partial charge is 0.466 e. The standard InChI is InChI=1S/C13H15BrN2O/c14-11-6-7-17-13(11)12(8-15)16-9-10-4-2-1-3-5-10/h1-7,12,16H,8-9,15H2. The molecule has 3 nitrogen and oxygen atoms in total. The molecule has 0 fully saturated rings. The number of halogens is 1. The Hall–Kier alpha value is -1.10. The molecule has 0 aliphatic rings. The highest BCUT2D eigenvalue weighted by molar-refractivity contribution is 9.10. The number of hydrogen-bond donors (Lipinski definition) is 2. The quantitative estimate of drug-likeness (QED) is 0.892. The average Bonchev–Trinajstić information content (AvgIpc) is 2.78. The Bertz CT molecular complexity index is 455. The molecule has 0 amide bonds. The third kappa shape index (κ3) is 3.19. The van der Waals surface area contributed by atoms with Gasteiger partial charge in [0.1, 0.15) is 5.76 Å². The van der Waals surface area contributed by atoms with Gasteiger partial charge in [-0.15, -0.1) is 0 Å². The third-order valence-electron chi connectivity index (χ3n) is 2.59. The first-order chi connectivity index (χ1) is 8.31. The van der Waals surface area contributed by atoms with E-state index < -0.39 is 0 Å². The maximum Gasteiger partial charge on any atom is 0.136 e. The van der Waals surface area contributed by atoms with Crippen molar-refractivity contribution in [1.29, 1.82) is 0 Å². The zero-order valence-electron chi connectivity index (χ0n) is 9.40. The predicted octanol–water partition coefficient (Wildman–Crippen LogP) is 2.83. The van der Waals surface area contributed by atoms with E-state index in [-0.39, 0.29) is 6.04 Å². The third-order valence-corrected chi connectivity index (χ3v) is 3.25. The van der Waals surface area contributed by atoms with E-state index in [4.69, 9.17) is 10.2 Å². The Kier molecular flexibility index (Phi) is 4.36. The van der Waals surface area contributed by atoms with E-state index in [2.05, 4.69) is 33.4 Å². The molecule has 1 atom stereocenters. The van der Waals surface area contributed by atoms with Crippen LogP contribution in [-0.2, 0) is 6.54 Å². The van der Waals surface area contributed by atoms with Gasteiger partial charge in [0, 0.05) is 13.1 Å². The van der Waals surface area contributed by atoms with Crippen LogP contribution in [0.1, 0.15) is 17.4 Å². The van der Waals surface area contributed by atoms with E-state index in [1.54, 1.807) is 6.26 Å². The molecule has 1 aromatic carbocycles. The van der Waals surface area contributed by atoms with Crippen molar-refractivity contribution in [1.82, 2.24) is 5.32 Å². The fourth-order valence-electron chi connectivity index (χ4n) is 1.67. The smallest absolute Gasteiger partial charge is 0.136 e. The number of furan rings is 1. The van der Waals surface area contributed by atoms with Gasteiger partial charge in [-0.1, -0.05) is 30.3 Å². The number of rotatable bonds is 5.